The lowest BCUT2D eigenvalue weighted by Gasteiger charge is -2.25. The van der Waals surface area contributed by atoms with Crippen LogP contribution in [0.5, 0.6) is 0 Å². The largest absolute Gasteiger partial charge is 0.397 e. The van der Waals surface area contributed by atoms with Gasteiger partial charge in [-0.2, -0.15) is 0 Å². The number of nitrogen functional groups attached to an aromatic ring is 1. The van der Waals surface area contributed by atoms with Crippen LogP contribution in [0, 0.1) is 0 Å². The summed E-state index contributed by atoms with van der Waals surface area (Å²) < 4.78 is 23.0. The van der Waals surface area contributed by atoms with Crippen molar-refractivity contribution in [1.82, 2.24) is 4.90 Å². The Morgan fingerprint density at radius 2 is 1.81 bits per heavy atom. The summed E-state index contributed by atoms with van der Waals surface area (Å²) in [7, 11) is -1.53. The summed E-state index contributed by atoms with van der Waals surface area (Å²) in [5, 5.41) is 0. The van der Waals surface area contributed by atoms with Crippen molar-refractivity contribution in [2.75, 3.05) is 43.6 Å². The Morgan fingerprint density at radius 1 is 1.24 bits per heavy atom. The lowest BCUT2D eigenvalue weighted by molar-refractivity contribution is -0.129. The summed E-state index contributed by atoms with van der Waals surface area (Å²) in [6.07, 6.45) is 1.13. The summed E-state index contributed by atoms with van der Waals surface area (Å²) in [6, 6.07) is 4.55. The van der Waals surface area contributed by atoms with Gasteiger partial charge in [0, 0.05) is 26.4 Å². The molecular formula is C14H23N3O3S. The molecule has 0 aliphatic rings. The van der Waals surface area contributed by atoms with Gasteiger partial charge in [-0.3, -0.25) is 4.79 Å². The van der Waals surface area contributed by atoms with Crippen LogP contribution in [0.1, 0.15) is 13.8 Å². The lowest BCUT2D eigenvalue weighted by Crippen LogP contribution is -2.39. The molecule has 21 heavy (non-hydrogen) atoms. The van der Waals surface area contributed by atoms with Gasteiger partial charge in [-0.1, -0.05) is 0 Å². The maximum Gasteiger partial charge on any atom is 0.242 e. The molecule has 0 unspecified atom stereocenters. The Hall–Kier alpha value is -1.76. The molecule has 1 aromatic carbocycles. The monoisotopic (exact) mass is 313 g/mol. The van der Waals surface area contributed by atoms with Crippen LogP contribution in [-0.2, 0) is 14.6 Å². The van der Waals surface area contributed by atoms with E-state index in [4.69, 9.17) is 5.73 Å². The fourth-order valence-corrected chi connectivity index (χ4v) is 2.73. The number of carbonyl (C=O) groups is 1. The number of anilines is 2. The standard InChI is InChI=1S/C14H23N3O3S/c1-5-17(6-2)14(18)10-16(3)13-8-7-11(9-12(13)15)21(4,19)20/h7-9H,5-6,10,15H2,1-4H3. The smallest absolute Gasteiger partial charge is 0.242 e. The number of likely N-dealkylation sites (N-methyl/N-ethyl adjacent to an activating group) is 2. The van der Waals surface area contributed by atoms with Crippen LogP contribution in [0.2, 0.25) is 0 Å². The summed E-state index contributed by atoms with van der Waals surface area (Å²) in [4.78, 5) is 15.7. The number of hydrogen-bond donors (Lipinski definition) is 1. The number of hydrogen-bond acceptors (Lipinski definition) is 5. The van der Waals surface area contributed by atoms with Crippen molar-refractivity contribution in [2.24, 2.45) is 0 Å². The minimum Gasteiger partial charge on any atom is -0.397 e. The molecule has 0 saturated carbocycles. The molecule has 0 aliphatic carbocycles. The van der Waals surface area contributed by atoms with E-state index in [9.17, 15) is 13.2 Å². The van der Waals surface area contributed by atoms with Crippen LogP contribution >= 0.6 is 0 Å². The first-order chi connectivity index (χ1) is 9.70. The van der Waals surface area contributed by atoms with Crippen LogP contribution in [0.3, 0.4) is 0 Å². The van der Waals surface area contributed by atoms with Crippen LogP contribution in [0.15, 0.2) is 23.1 Å². The second kappa shape index (κ2) is 6.80. The topological polar surface area (TPSA) is 83.7 Å². The number of sulfone groups is 1. The molecule has 2 N–H and O–H groups in total. The van der Waals surface area contributed by atoms with Crippen molar-refractivity contribution >= 4 is 27.1 Å². The van der Waals surface area contributed by atoms with Crippen molar-refractivity contribution in [3.8, 4) is 0 Å². The van der Waals surface area contributed by atoms with Gasteiger partial charge in [0.1, 0.15) is 0 Å². The Kier molecular flexibility index (Phi) is 5.60. The highest BCUT2D eigenvalue weighted by atomic mass is 32.2. The SMILES string of the molecule is CCN(CC)C(=O)CN(C)c1ccc(S(C)(=O)=O)cc1N. The third kappa shape index (κ3) is 4.35. The molecule has 0 atom stereocenters. The minimum absolute atomic E-state index is 0.00842. The van der Waals surface area contributed by atoms with E-state index in [0.29, 0.717) is 24.5 Å². The van der Waals surface area contributed by atoms with Crippen LogP contribution in [0.4, 0.5) is 11.4 Å². The quantitative estimate of drug-likeness (QED) is 0.791. The van der Waals surface area contributed by atoms with Gasteiger partial charge < -0.3 is 15.5 Å². The van der Waals surface area contributed by atoms with Gasteiger partial charge >= 0.3 is 0 Å². The number of benzene rings is 1. The average Bonchev–Trinajstić information content (AvgIpc) is 2.38. The van der Waals surface area contributed by atoms with E-state index < -0.39 is 9.84 Å². The zero-order valence-electron chi connectivity index (χ0n) is 13.0. The zero-order chi connectivity index (χ0) is 16.2. The first-order valence-corrected chi connectivity index (χ1v) is 8.68. The van der Waals surface area contributed by atoms with E-state index in [0.717, 1.165) is 6.26 Å². The summed E-state index contributed by atoms with van der Waals surface area (Å²) in [6.45, 7) is 5.37. The van der Waals surface area contributed by atoms with Crippen molar-refractivity contribution in [3.05, 3.63) is 18.2 Å². The molecule has 0 aromatic heterocycles. The van der Waals surface area contributed by atoms with Gasteiger partial charge in [-0.25, -0.2) is 8.42 Å². The number of nitrogens with two attached hydrogens (primary N) is 1. The molecule has 1 rings (SSSR count). The van der Waals surface area contributed by atoms with Gasteiger partial charge in [-0.05, 0) is 32.0 Å². The maximum atomic E-state index is 12.1. The maximum absolute atomic E-state index is 12.1. The summed E-state index contributed by atoms with van der Waals surface area (Å²) in [5.41, 5.74) is 6.89. The fourth-order valence-electron chi connectivity index (χ4n) is 2.08. The Morgan fingerprint density at radius 3 is 2.24 bits per heavy atom. The normalized spacial score (nSPS) is 11.2. The van der Waals surface area contributed by atoms with E-state index in [2.05, 4.69) is 0 Å². The fraction of sp³-hybridized carbons (Fsp3) is 0.500. The minimum atomic E-state index is -3.29. The van der Waals surface area contributed by atoms with Crippen LogP contribution in [0.25, 0.3) is 0 Å². The predicted octanol–water partition coefficient (Wildman–Crippen LogP) is 0.977. The first kappa shape index (κ1) is 17.3. The lowest BCUT2D eigenvalue weighted by atomic mass is 10.2. The molecule has 1 amide bonds. The van der Waals surface area contributed by atoms with Crippen molar-refractivity contribution in [3.63, 3.8) is 0 Å². The van der Waals surface area contributed by atoms with Crippen molar-refractivity contribution in [2.45, 2.75) is 18.7 Å². The Balaban J connectivity index is 2.94. The molecule has 0 radical (unpaired) electrons. The zero-order valence-corrected chi connectivity index (χ0v) is 13.8. The third-order valence-corrected chi connectivity index (χ3v) is 4.44. The molecule has 0 spiro atoms. The molecule has 0 fully saturated rings. The van der Waals surface area contributed by atoms with Gasteiger partial charge in [0.15, 0.2) is 9.84 Å². The highest BCUT2D eigenvalue weighted by Crippen LogP contribution is 2.25. The van der Waals surface area contributed by atoms with Gasteiger partial charge in [0.2, 0.25) is 5.91 Å². The molecule has 118 valence electrons. The van der Waals surface area contributed by atoms with Gasteiger partial charge in [-0.15, -0.1) is 0 Å². The highest BCUT2D eigenvalue weighted by molar-refractivity contribution is 7.90. The van der Waals surface area contributed by atoms with E-state index in [1.165, 1.54) is 12.1 Å². The summed E-state index contributed by atoms with van der Waals surface area (Å²) in [5.74, 6) is 0.00842. The van der Waals surface area contributed by atoms with Crippen LogP contribution < -0.4 is 10.6 Å². The van der Waals surface area contributed by atoms with Gasteiger partial charge in [0.05, 0.1) is 22.8 Å². The molecule has 0 saturated heterocycles. The number of nitrogens with zero attached hydrogens (tertiary/aromatic N) is 2. The van der Waals surface area contributed by atoms with Crippen LogP contribution in [-0.4, -0.2) is 52.2 Å². The van der Waals surface area contributed by atoms with E-state index in [-0.39, 0.29) is 17.3 Å². The molecular weight excluding hydrogens is 290 g/mol. The number of carbonyl (C=O) groups excluding carboxylic acids is 1. The average molecular weight is 313 g/mol. The summed E-state index contributed by atoms with van der Waals surface area (Å²) >= 11 is 0. The molecule has 1 aromatic rings. The predicted molar refractivity (Wildman–Crippen MR) is 85.2 cm³/mol. The molecule has 7 heteroatoms. The Labute approximate surface area is 126 Å². The van der Waals surface area contributed by atoms with Crippen molar-refractivity contribution in [1.29, 1.82) is 0 Å². The second-order valence-electron chi connectivity index (χ2n) is 4.91. The van der Waals surface area contributed by atoms with Gasteiger partial charge in [0.25, 0.3) is 0 Å². The Bertz CT molecular complexity index is 610. The molecule has 0 bridgehead atoms. The molecule has 0 heterocycles. The van der Waals surface area contributed by atoms with E-state index >= 15 is 0 Å². The molecule has 6 nitrogen and oxygen atoms in total. The number of amides is 1. The highest BCUT2D eigenvalue weighted by Gasteiger charge is 2.16. The first-order valence-electron chi connectivity index (χ1n) is 6.79. The third-order valence-electron chi connectivity index (χ3n) is 3.33. The number of rotatable bonds is 6. The van der Waals surface area contributed by atoms with Crippen molar-refractivity contribution < 1.29 is 13.2 Å². The molecule has 0 aliphatic heterocycles. The van der Waals surface area contributed by atoms with E-state index in [1.807, 2.05) is 13.8 Å². The second-order valence-corrected chi connectivity index (χ2v) is 6.93. The van der Waals surface area contributed by atoms with E-state index in [1.54, 1.807) is 22.9 Å².